The molecule has 206 valence electrons. The average Bonchev–Trinajstić information content (AvgIpc) is 2.97. The monoisotopic (exact) mass is 544 g/mol. The summed E-state index contributed by atoms with van der Waals surface area (Å²) in [4.78, 5) is 37.0. The van der Waals surface area contributed by atoms with Crippen LogP contribution in [0.15, 0.2) is 108 Å². The molecule has 3 aromatic carbocycles. The topological polar surface area (TPSA) is 126 Å². The van der Waals surface area contributed by atoms with Crippen molar-refractivity contribution in [3.8, 4) is 0 Å². The zero-order chi connectivity index (χ0) is 28.5. The van der Waals surface area contributed by atoms with E-state index >= 15 is 0 Å². The fourth-order valence-corrected chi connectivity index (χ4v) is 4.23. The minimum absolute atomic E-state index is 0.00424. The molecular weight excluding hydrogens is 516 g/mol. The molecule has 0 saturated carbocycles. The van der Waals surface area contributed by atoms with Gasteiger partial charge in [-0.1, -0.05) is 85.8 Å². The molecule has 1 unspecified atom stereocenters. The SMILES string of the molecule is CCC1=C(OC(=O)OCc2ccccc2)C(c2ccccc2[N+](=O)[O-])C(OC(=O)OCc2ccccc2)=C(C)N1. The van der Waals surface area contributed by atoms with Crippen molar-refractivity contribution in [3.05, 3.63) is 135 Å². The van der Waals surface area contributed by atoms with Crippen molar-refractivity contribution in [1.29, 1.82) is 0 Å². The molecule has 0 spiro atoms. The standard InChI is InChI=1S/C30H28N2O8/c1-3-24-28(40-30(34)38-19-22-14-8-5-9-15-22)26(23-16-10-11-17-25(23)32(35)36)27(20(2)31-24)39-29(33)37-18-21-12-6-4-7-13-21/h4-17,26,31H,3,18-19H2,1-2H3. The van der Waals surface area contributed by atoms with E-state index in [0.29, 0.717) is 17.8 Å². The molecule has 1 aliphatic rings. The Morgan fingerprint density at radius 1 is 0.800 bits per heavy atom. The summed E-state index contributed by atoms with van der Waals surface area (Å²) < 4.78 is 21.9. The molecule has 1 N–H and O–H groups in total. The maximum atomic E-state index is 12.8. The first kappa shape index (κ1) is 27.9. The van der Waals surface area contributed by atoms with Crippen LogP contribution in [0.4, 0.5) is 15.3 Å². The number of dihydropyridines is 1. The van der Waals surface area contributed by atoms with E-state index in [9.17, 15) is 19.7 Å². The predicted molar refractivity (Wildman–Crippen MR) is 144 cm³/mol. The normalized spacial score (nSPS) is 14.7. The number of hydrogen-bond donors (Lipinski definition) is 1. The van der Waals surface area contributed by atoms with E-state index in [-0.39, 0.29) is 36.0 Å². The van der Waals surface area contributed by atoms with Crippen LogP contribution in [0.3, 0.4) is 0 Å². The number of nitro benzene ring substituents is 1. The first-order valence-electron chi connectivity index (χ1n) is 12.6. The highest BCUT2D eigenvalue weighted by Gasteiger charge is 2.39. The quantitative estimate of drug-likeness (QED) is 0.175. The van der Waals surface area contributed by atoms with Gasteiger partial charge in [0.05, 0.1) is 16.3 Å². The van der Waals surface area contributed by atoms with Gasteiger partial charge in [-0.25, -0.2) is 9.59 Å². The van der Waals surface area contributed by atoms with Crippen LogP contribution < -0.4 is 5.32 Å². The van der Waals surface area contributed by atoms with Crippen molar-refractivity contribution in [1.82, 2.24) is 5.32 Å². The number of para-hydroxylation sites is 1. The Labute approximate surface area is 231 Å². The number of hydrogen-bond acceptors (Lipinski definition) is 9. The third-order valence-electron chi connectivity index (χ3n) is 6.11. The Kier molecular flexibility index (Phi) is 9.14. The fourth-order valence-electron chi connectivity index (χ4n) is 4.23. The second kappa shape index (κ2) is 13.1. The van der Waals surface area contributed by atoms with Crippen molar-refractivity contribution < 1.29 is 33.5 Å². The van der Waals surface area contributed by atoms with Crippen molar-refractivity contribution in [2.45, 2.75) is 39.4 Å². The van der Waals surface area contributed by atoms with Crippen LogP contribution in [0.2, 0.25) is 0 Å². The highest BCUT2D eigenvalue weighted by atomic mass is 16.7. The summed E-state index contributed by atoms with van der Waals surface area (Å²) >= 11 is 0. The number of allylic oxidation sites excluding steroid dienone is 2. The first-order valence-corrected chi connectivity index (χ1v) is 12.6. The van der Waals surface area contributed by atoms with Gasteiger partial charge >= 0.3 is 12.3 Å². The van der Waals surface area contributed by atoms with Crippen LogP contribution in [0.1, 0.15) is 42.9 Å². The zero-order valence-corrected chi connectivity index (χ0v) is 22.0. The first-order chi connectivity index (χ1) is 19.4. The van der Waals surface area contributed by atoms with E-state index in [0.717, 1.165) is 11.1 Å². The minimum Gasteiger partial charge on any atom is -0.429 e. The molecule has 0 amide bonds. The lowest BCUT2D eigenvalue weighted by Crippen LogP contribution is -2.30. The summed E-state index contributed by atoms with van der Waals surface area (Å²) in [5, 5.41) is 15.1. The summed E-state index contributed by atoms with van der Waals surface area (Å²) in [5.41, 5.74) is 2.30. The van der Waals surface area contributed by atoms with Gasteiger partial charge in [0.1, 0.15) is 30.6 Å². The van der Waals surface area contributed by atoms with Gasteiger partial charge in [-0.05, 0) is 24.5 Å². The minimum atomic E-state index is -1.12. The van der Waals surface area contributed by atoms with Crippen LogP contribution in [-0.4, -0.2) is 17.2 Å². The van der Waals surface area contributed by atoms with Gasteiger partial charge in [0.25, 0.3) is 5.69 Å². The number of nitrogens with one attached hydrogen (secondary N) is 1. The second-order valence-electron chi connectivity index (χ2n) is 8.81. The lowest BCUT2D eigenvalue weighted by atomic mass is 9.88. The van der Waals surface area contributed by atoms with Gasteiger partial charge in [0.2, 0.25) is 0 Å². The summed E-state index contributed by atoms with van der Waals surface area (Å²) in [6.45, 7) is 3.40. The Balaban J connectivity index is 1.65. The molecule has 1 heterocycles. The molecule has 0 aliphatic carbocycles. The summed E-state index contributed by atoms with van der Waals surface area (Å²) in [7, 11) is 0. The number of nitrogens with zero attached hydrogens (tertiary/aromatic N) is 1. The predicted octanol–water partition coefficient (Wildman–Crippen LogP) is 6.84. The lowest BCUT2D eigenvalue weighted by Gasteiger charge is -2.30. The van der Waals surface area contributed by atoms with Crippen LogP contribution >= 0.6 is 0 Å². The highest BCUT2D eigenvalue weighted by Crippen LogP contribution is 2.43. The highest BCUT2D eigenvalue weighted by molar-refractivity contribution is 5.66. The molecule has 1 atom stereocenters. The van der Waals surface area contributed by atoms with Gasteiger partial charge in [-0.3, -0.25) is 10.1 Å². The molecular formula is C30H28N2O8. The average molecular weight is 545 g/mol. The Bertz CT molecular complexity index is 1430. The second-order valence-corrected chi connectivity index (χ2v) is 8.81. The van der Waals surface area contributed by atoms with Crippen molar-refractivity contribution in [2.75, 3.05) is 0 Å². The third kappa shape index (κ3) is 6.84. The van der Waals surface area contributed by atoms with Crippen LogP contribution in [0.5, 0.6) is 0 Å². The maximum Gasteiger partial charge on any atom is 0.513 e. The van der Waals surface area contributed by atoms with E-state index < -0.39 is 23.2 Å². The Hall–Kier alpha value is -5.12. The van der Waals surface area contributed by atoms with E-state index in [1.807, 2.05) is 43.3 Å². The van der Waals surface area contributed by atoms with Gasteiger partial charge in [0.15, 0.2) is 0 Å². The van der Waals surface area contributed by atoms with Crippen LogP contribution in [-0.2, 0) is 32.2 Å². The van der Waals surface area contributed by atoms with Crippen LogP contribution in [0.25, 0.3) is 0 Å². The van der Waals surface area contributed by atoms with Crippen molar-refractivity contribution in [3.63, 3.8) is 0 Å². The molecule has 10 nitrogen and oxygen atoms in total. The largest absolute Gasteiger partial charge is 0.513 e. The molecule has 4 rings (SSSR count). The number of carbonyl (C=O) groups excluding carboxylic acids is 2. The number of carbonyl (C=O) groups is 2. The zero-order valence-electron chi connectivity index (χ0n) is 22.0. The maximum absolute atomic E-state index is 12.8. The van der Waals surface area contributed by atoms with Gasteiger partial charge in [0, 0.05) is 11.6 Å². The van der Waals surface area contributed by atoms with Crippen molar-refractivity contribution >= 4 is 18.0 Å². The van der Waals surface area contributed by atoms with E-state index in [1.54, 1.807) is 37.3 Å². The molecule has 0 radical (unpaired) electrons. The number of nitro groups is 1. The molecule has 0 saturated heterocycles. The molecule has 0 fully saturated rings. The van der Waals surface area contributed by atoms with Gasteiger partial charge < -0.3 is 24.3 Å². The van der Waals surface area contributed by atoms with E-state index in [4.69, 9.17) is 18.9 Å². The third-order valence-corrected chi connectivity index (χ3v) is 6.11. The summed E-state index contributed by atoms with van der Waals surface area (Å²) in [5.74, 6) is -1.10. The molecule has 40 heavy (non-hydrogen) atoms. The van der Waals surface area contributed by atoms with Crippen LogP contribution in [0, 0.1) is 10.1 Å². The number of benzene rings is 3. The molecule has 0 bridgehead atoms. The summed E-state index contributed by atoms with van der Waals surface area (Å²) in [6.07, 6.45) is -1.66. The Morgan fingerprint density at radius 2 is 1.30 bits per heavy atom. The van der Waals surface area contributed by atoms with Gasteiger partial charge in [-0.15, -0.1) is 0 Å². The smallest absolute Gasteiger partial charge is 0.429 e. The molecule has 3 aromatic rings. The molecule has 10 heteroatoms. The Morgan fingerprint density at radius 3 is 1.82 bits per heavy atom. The summed E-state index contributed by atoms with van der Waals surface area (Å²) in [6, 6.07) is 24.1. The number of ether oxygens (including phenoxy) is 4. The molecule has 0 aromatic heterocycles. The van der Waals surface area contributed by atoms with E-state index in [2.05, 4.69) is 5.32 Å². The number of rotatable bonds is 9. The van der Waals surface area contributed by atoms with Crippen molar-refractivity contribution in [2.24, 2.45) is 0 Å². The fraction of sp³-hybridized carbons (Fsp3) is 0.200. The lowest BCUT2D eigenvalue weighted by molar-refractivity contribution is -0.385. The van der Waals surface area contributed by atoms with E-state index in [1.165, 1.54) is 18.2 Å². The van der Waals surface area contributed by atoms with Gasteiger partial charge in [-0.2, -0.15) is 0 Å². The molecule has 1 aliphatic heterocycles.